The molecule has 0 radical (unpaired) electrons. The van der Waals surface area contributed by atoms with Gasteiger partial charge in [0.2, 0.25) is 0 Å². The zero-order valence-electron chi connectivity index (χ0n) is 6.79. The monoisotopic (exact) mass is 149 g/mol. The maximum Gasteiger partial charge on any atom is 0.00432 e. The summed E-state index contributed by atoms with van der Waals surface area (Å²) in [6.45, 7) is 0. The SMILES string of the molecule is NC1=CC2CCC=CC2CC1. The van der Waals surface area contributed by atoms with E-state index < -0.39 is 0 Å². The van der Waals surface area contributed by atoms with Crippen LogP contribution in [0.1, 0.15) is 25.7 Å². The molecule has 60 valence electrons. The Hall–Kier alpha value is -0.720. The minimum Gasteiger partial charge on any atom is -0.402 e. The van der Waals surface area contributed by atoms with Gasteiger partial charge in [-0.2, -0.15) is 0 Å². The van der Waals surface area contributed by atoms with Gasteiger partial charge >= 0.3 is 0 Å². The summed E-state index contributed by atoms with van der Waals surface area (Å²) in [5, 5.41) is 0. The van der Waals surface area contributed by atoms with Crippen molar-refractivity contribution in [1.29, 1.82) is 0 Å². The minimum absolute atomic E-state index is 0.758. The Balaban J connectivity index is 2.16. The number of hydrogen-bond acceptors (Lipinski definition) is 1. The lowest BCUT2D eigenvalue weighted by Gasteiger charge is -2.29. The fourth-order valence-corrected chi connectivity index (χ4v) is 2.13. The second kappa shape index (κ2) is 2.72. The van der Waals surface area contributed by atoms with Gasteiger partial charge in [0, 0.05) is 5.70 Å². The molecule has 0 bridgehead atoms. The normalized spacial score (nSPS) is 36.2. The van der Waals surface area contributed by atoms with Crippen molar-refractivity contribution < 1.29 is 0 Å². The quantitative estimate of drug-likeness (QED) is 0.525. The summed E-state index contributed by atoms with van der Waals surface area (Å²) in [6, 6.07) is 0. The molecule has 2 N–H and O–H groups in total. The summed E-state index contributed by atoms with van der Waals surface area (Å²) in [6.07, 6.45) is 11.9. The predicted molar refractivity (Wildman–Crippen MR) is 46.9 cm³/mol. The smallest absolute Gasteiger partial charge is 0.00432 e. The van der Waals surface area contributed by atoms with Crippen LogP contribution in [-0.4, -0.2) is 0 Å². The number of hydrogen-bond donors (Lipinski definition) is 1. The molecule has 0 aromatic heterocycles. The molecule has 1 heteroatoms. The van der Waals surface area contributed by atoms with Crippen LogP contribution in [0.5, 0.6) is 0 Å². The average Bonchev–Trinajstić information content (AvgIpc) is 2.04. The van der Waals surface area contributed by atoms with Crippen molar-refractivity contribution in [3.63, 3.8) is 0 Å². The largest absolute Gasteiger partial charge is 0.402 e. The van der Waals surface area contributed by atoms with Gasteiger partial charge in [-0.3, -0.25) is 0 Å². The van der Waals surface area contributed by atoms with Gasteiger partial charge in [0.05, 0.1) is 0 Å². The van der Waals surface area contributed by atoms with E-state index in [9.17, 15) is 0 Å². The molecule has 2 rings (SSSR count). The Labute approximate surface area is 68.0 Å². The van der Waals surface area contributed by atoms with Crippen molar-refractivity contribution in [2.45, 2.75) is 25.7 Å². The van der Waals surface area contributed by atoms with Crippen molar-refractivity contribution in [1.82, 2.24) is 0 Å². The maximum atomic E-state index is 5.78. The summed E-state index contributed by atoms with van der Waals surface area (Å²) in [7, 11) is 0. The van der Waals surface area contributed by atoms with Crippen LogP contribution < -0.4 is 5.73 Å². The Kier molecular flexibility index (Phi) is 1.72. The van der Waals surface area contributed by atoms with Crippen LogP contribution in [-0.2, 0) is 0 Å². The van der Waals surface area contributed by atoms with Gasteiger partial charge in [-0.15, -0.1) is 0 Å². The van der Waals surface area contributed by atoms with Crippen molar-refractivity contribution >= 4 is 0 Å². The third-order valence-electron chi connectivity index (χ3n) is 2.79. The highest BCUT2D eigenvalue weighted by atomic mass is 14.6. The lowest BCUT2D eigenvalue weighted by atomic mass is 9.77. The second-order valence-electron chi connectivity index (χ2n) is 3.61. The van der Waals surface area contributed by atoms with Crippen molar-refractivity contribution in [3.05, 3.63) is 23.9 Å². The standard InChI is InChI=1S/C10H15N/c11-10-6-5-8-3-1-2-4-9(8)7-10/h1,3,7-9H,2,4-6,11H2. The van der Waals surface area contributed by atoms with Crippen molar-refractivity contribution in [2.75, 3.05) is 0 Å². The summed E-state index contributed by atoms with van der Waals surface area (Å²) < 4.78 is 0. The average molecular weight is 149 g/mol. The van der Waals surface area contributed by atoms with Gasteiger partial charge in [-0.25, -0.2) is 0 Å². The number of allylic oxidation sites excluding steroid dienone is 4. The highest BCUT2D eigenvalue weighted by Crippen LogP contribution is 2.34. The molecule has 0 aromatic rings. The molecule has 2 aliphatic carbocycles. The van der Waals surface area contributed by atoms with E-state index in [0.29, 0.717) is 0 Å². The van der Waals surface area contributed by atoms with Crippen molar-refractivity contribution in [3.8, 4) is 0 Å². The van der Waals surface area contributed by atoms with Gasteiger partial charge in [-0.1, -0.05) is 18.2 Å². The zero-order valence-corrected chi connectivity index (χ0v) is 6.79. The molecule has 0 heterocycles. The van der Waals surface area contributed by atoms with Crippen LogP contribution >= 0.6 is 0 Å². The predicted octanol–water partition coefficient (Wildman–Crippen LogP) is 2.21. The molecule has 2 aliphatic rings. The van der Waals surface area contributed by atoms with Gasteiger partial charge < -0.3 is 5.73 Å². The van der Waals surface area contributed by atoms with Crippen LogP contribution in [0.15, 0.2) is 23.9 Å². The Morgan fingerprint density at radius 3 is 3.09 bits per heavy atom. The molecule has 0 fully saturated rings. The van der Waals surface area contributed by atoms with E-state index >= 15 is 0 Å². The van der Waals surface area contributed by atoms with E-state index in [-0.39, 0.29) is 0 Å². The van der Waals surface area contributed by atoms with E-state index in [0.717, 1.165) is 24.0 Å². The van der Waals surface area contributed by atoms with E-state index in [1.807, 2.05) is 0 Å². The zero-order chi connectivity index (χ0) is 7.68. The number of rotatable bonds is 0. The summed E-state index contributed by atoms with van der Waals surface area (Å²) >= 11 is 0. The Morgan fingerprint density at radius 1 is 1.27 bits per heavy atom. The highest BCUT2D eigenvalue weighted by Gasteiger charge is 2.22. The first-order valence-corrected chi connectivity index (χ1v) is 4.49. The van der Waals surface area contributed by atoms with E-state index in [2.05, 4.69) is 18.2 Å². The molecule has 0 aromatic carbocycles. The fourth-order valence-electron chi connectivity index (χ4n) is 2.13. The summed E-state index contributed by atoms with van der Waals surface area (Å²) in [4.78, 5) is 0. The molecule has 1 nitrogen and oxygen atoms in total. The van der Waals surface area contributed by atoms with Crippen LogP contribution in [0.3, 0.4) is 0 Å². The maximum absolute atomic E-state index is 5.78. The molecule has 2 atom stereocenters. The minimum atomic E-state index is 0.758. The van der Waals surface area contributed by atoms with Crippen LogP contribution in [0.2, 0.25) is 0 Å². The first-order valence-electron chi connectivity index (χ1n) is 4.49. The van der Waals surface area contributed by atoms with Crippen LogP contribution in [0.4, 0.5) is 0 Å². The molecule has 0 amide bonds. The molecule has 2 unspecified atom stereocenters. The first-order chi connectivity index (χ1) is 5.36. The van der Waals surface area contributed by atoms with Gasteiger partial charge in [0.1, 0.15) is 0 Å². The molecule has 0 spiro atoms. The van der Waals surface area contributed by atoms with Crippen LogP contribution in [0, 0.1) is 11.8 Å². The topological polar surface area (TPSA) is 26.0 Å². The second-order valence-corrected chi connectivity index (χ2v) is 3.61. The number of nitrogens with two attached hydrogens (primary N) is 1. The molecule has 0 aliphatic heterocycles. The molecule has 0 saturated heterocycles. The summed E-state index contributed by atoms with van der Waals surface area (Å²) in [5.74, 6) is 1.56. The highest BCUT2D eigenvalue weighted by molar-refractivity contribution is 5.12. The van der Waals surface area contributed by atoms with Crippen molar-refractivity contribution in [2.24, 2.45) is 17.6 Å². The van der Waals surface area contributed by atoms with Gasteiger partial charge in [-0.05, 0) is 37.5 Å². The van der Waals surface area contributed by atoms with E-state index in [1.165, 1.54) is 19.3 Å². The number of fused-ring (bicyclic) bond motifs is 1. The lowest BCUT2D eigenvalue weighted by molar-refractivity contribution is 0.382. The third-order valence-corrected chi connectivity index (χ3v) is 2.79. The Bertz CT molecular complexity index is 203. The molecule has 0 saturated carbocycles. The lowest BCUT2D eigenvalue weighted by Crippen LogP contribution is -2.20. The van der Waals surface area contributed by atoms with E-state index in [4.69, 9.17) is 5.73 Å². The molecular weight excluding hydrogens is 134 g/mol. The molecule has 11 heavy (non-hydrogen) atoms. The van der Waals surface area contributed by atoms with E-state index in [1.54, 1.807) is 0 Å². The third kappa shape index (κ3) is 1.32. The Morgan fingerprint density at radius 2 is 2.18 bits per heavy atom. The van der Waals surface area contributed by atoms with Gasteiger partial charge in [0.15, 0.2) is 0 Å². The molecular formula is C10H15N. The first kappa shape index (κ1) is 6.96. The summed E-state index contributed by atoms with van der Waals surface area (Å²) in [5.41, 5.74) is 6.89. The van der Waals surface area contributed by atoms with Crippen LogP contribution in [0.25, 0.3) is 0 Å². The fraction of sp³-hybridized carbons (Fsp3) is 0.600. The van der Waals surface area contributed by atoms with Gasteiger partial charge in [0.25, 0.3) is 0 Å².